The molecule has 2 aromatic rings. The molecule has 0 radical (unpaired) electrons. The molecule has 2 amide bonds. The van der Waals surface area contributed by atoms with Crippen LogP contribution in [0.15, 0.2) is 36.7 Å². The van der Waals surface area contributed by atoms with Crippen molar-refractivity contribution in [2.24, 2.45) is 0 Å². The van der Waals surface area contributed by atoms with Crippen molar-refractivity contribution in [1.82, 2.24) is 9.97 Å². The van der Waals surface area contributed by atoms with Crippen LogP contribution in [0.3, 0.4) is 0 Å². The summed E-state index contributed by atoms with van der Waals surface area (Å²) in [5.41, 5.74) is 0.956. The van der Waals surface area contributed by atoms with Gasteiger partial charge in [0.2, 0.25) is 0 Å². The number of hydrogen-bond acceptors (Lipinski definition) is 4. The van der Waals surface area contributed by atoms with Crippen molar-refractivity contribution >= 4 is 35.1 Å². The number of halogens is 1. The van der Waals surface area contributed by atoms with Crippen molar-refractivity contribution in [3.63, 3.8) is 0 Å². The molecule has 0 aliphatic heterocycles. The van der Waals surface area contributed by atoms with Crippen LogP contribution in [0.2, 0.25) is 5.02 Å². The Morgan fingerprint density at radius 1 is 0.950 bits per heavy atom. The molecule has 20 heavy (non-hydrogen) atoms. The number of carbonyl (C=O) groups is 2. The van der Waals surface area contributed by atoms with Gasteiger partial charge in [-0.05, 0) is 30.7 Å². The topological polar surface area (TPSA) is 84.0 Å². The van der Waals surface area contributed by atoms with E-state index >= 15 is 0 Å². The average Bonchev–Trinajstić information content (AvgIpc) is 2.44. The van der Waals surface area contributed by atoms with Crippen molar-refractivity contribution in [3.8, 4) is 0 Å². The molecular weight excluding hydrogens is 280 g/mol. The zero-order chi connectivity index (χ0) is 14.5. The number of hydrogen-bond donors (Lipinski definition) is 2. The van der Waals surface area contributed by atoms with Crippen LogP contribution in [-0.4, -0.2) is 21.8 Å². The number of rotatable bonds is 2. The van der Waals surface area contributed by atoms with Crippen molar-refractivity contribution < 1.29 is 9.59 Å². The largest absolute Gasteiger partial charge is 0.315 e. The molecule has 2 aromatic heterocycles. The maximum Gasteiger partial charge on any atom is 0.315 e. The quantitative estimate of drug-likeness (QED) is 0.829. The SMILES string of the molecule is Cc1ccc(NC(=O)C(=O)Nc2ccc(Cl)cn2)nc1. The van der Waals surface area contributed by atoms with E-state index in [2.05, 4.69) is 20.6 Å². The summed E-state index contributed by atoms with van der Waals surface area (Å²) in [5, 5.41) is 5.18. The summed E-state index contributed by atoms with van der Waals surface area (Å²) in [6, 6.07) is 6.45. The zero-order valence-electron chi connectivity index (χ0n) is 10.6. The van der Waals surface area contributed by atoms with Crippen LogP contribution in [0.1, 0.15) is 5.56 Å². The highest BCUT2D eigenvalue weighted by Crippen LogP contribution is 2.09. The Bertz CT molecular complexity index is 568. The summed E-state index contributed by atoms with van der Waals surface area (Å²) in [6.07, 6.45) is 2.96. The maximum absolute atomic E-state index is 11.7. The van der Waals surface area contributed by atoms with Crippen LogP contribution < -0.4 is 10.6 Å². The standard InChI is InChI=1S/C13H11ClN4O2/c1-8-2-4-10(15-6-8)17-12(19)13(20)18-11-5-3-9(14)7-16-11/h2-7H,1H3,(H,15,17,19)(H,16,18,20). The normalized spacial score (nSPS) is 9.90. The van der Waals surface area contributed by atoms with Gasteiger partial charge in [0.1, 0.15) is 11.6 Å². The van der Waals surface area contributed by atoms with Gasteiger partial charge in [-0.15, -0.1) is 0 Å². The van der Waals surface area contributed by atoms with Gasteiger partial charge in [-0.1, -0.05) is 17.7 Å². The van der Waals surface area contributed by atoms with Gasteiger partial charge in [-0.3, -0.25) is 9.59 Å². The van der Waals surface area contributed by atoms with Gasteiger partial charge < -0.3 is 10.6 Å². The lowest BCUT2D eigenvalue weighted by Crippen LogP contribution is -2.29. The minimum absolute atomic E-state index is 0.242. The molecule has 6 nitrogen and oxygen atoms in total. The van der Waals surface area contributed by atoms with Gasteiger partial charge in [0.25, 0.3) is 0 Å². The number of amides is 2. The van der Waals surface area contributed by atoms with E-state index in [-0.39, 0.29) is 5.82 Å². The molecule has 0 atom stereocenters. The predicted molar refractivity (Wildman–Crippen MR) is 75.5 cm³/mol. The summed E-state index contributed by atoms with van der Waals surface area (Å²) >= 11 is 5.67. The number of pyridine rings is 2. The van der Waals surface area contributed by atoms with Gasteiger partial charge in [0.05, 0.1) is 5.02 Å². The molecule has 0 saturated carbocycles. The van der Waals surface area contributed by atoms with E-state index in [1.165, 1.54) is 12.3 Å². The molecule has 7 heteroatoms. The van der Waals surface area contributed by atoms with E-state index in [4.69, 9.17) is 11.6 Å². The Labute approximate surface area is 120 Å². The van der Waals surface area contributed by atoms with E-state index in [0.717, 1.165) is 5.56 Å². The van der Waals surface area contributed by atoms with E-state index in [9.17, 15) is 9.59 Å². The van der Waals surface area contributed by atoms with Gasteiger partial charge in [0.15, 0.2) is 0 Å². The maximum atomic E-state index is 11.7. The van der Waals surface area contributed by atoms with Gasteiger partial charge in [-0.2, -0.15) is 0 Å². The molecular formula is C13H11ClN4O2. The minimum Gasteiger partial charge on any atom is -0.302 e. The van der Waals surface area contributed by atoms with Gasteiger partial charge in [-0.25, -0.2) is 9.97 Å². The molecule has 0 aliphatic rings. The Morgan fingerprint density at radius 2 is 1.50 bits per heavy atom. The van der Waals surface area contributed by atoms with Gasteiger partial charge in [0, 0.05) is 12.4 Å². The number of nitrogens with zero attached hydrogens (tertiary/aromatic N) is 2. The van der Waals surface area contributed by atoms with Crippen LogP contribution in [0.4, 0.5) is 11.6 Å². The molecule has 0 aliphatic carbocycles. The fourth-order valence-electron chi connectivity index (χ4n) is 1.34. The summed E-state index contributed by atoms with van der Waals surface area (Å²) in [4.78, 5) is 31.1. The molecule has 0 aromatic carbocycles. The van der Waals surface area contributed by atoms with E-state index in [1.807, 2.05) is 6.92 Å². The molecule has 0 fully saturated rings. The zero-order valence-corrected chi connectivity index (χ0v) is 11.3. The molecule has 2 rings (SSSR count). The first-order valence-electron chi connectivity index (χ1n) is 5.71. The minimum atomic E-state index is -0.831. The average molecular weight is 291 g/mol. The lowest BCUT2D eigenvalue weighted by molar-refractivity contribution is -0.133. The predicted octanol–water partition coefficient (Wildman–Crippen LogP) is 2.02. The van der Waals surface area contributed by atoms with Crippen LogP contribution in [0.5, 0.6) is 0 Å². The van der Waals surface area contributed by atoms with Gasteiger partial charge >= 0.3 is 11.8 Å². The molecule has 102 valence electrons. The Morgan fingerprint density at radius 3 is 1.95 bits per heavy atom. The Hall–Kier alpha value is -2.47. The lowest BCUT2D eigenvalue weighted by atomic mass is 10.3. The second-order valence-corrected chi connectivity index (χ2v) is 4.43. The summed E-state index contributed by atoms with van der Waals surface area (Å²) in [5.74, 6) is -1.11. The second-order valence-electron chi connectivity index (χ2n) is 3.99. The molecule has 0 saturated heterocycles. The fraction of sp³-hybridized carbons (Fsp3) is 0.0769. The van der Waals surface area contributed by atoms with Crippen molar-refractivity contribution in [3.05, 3.63) is 47.2 Å². The van der Waals surface area contributed by atoms with Crippen molar-refractivity contribution in [2.45, 2.75) is 6.92 Å². The third kappa shape index (κ3) is 3.76. The van der Waals surface area contributed by atoms with Crippen LogP contribution in [0, 0.1) is 6.92 Å². The van der Waals surface area contributed by atoms with E-state index in [0.29, 0.717) is 10.8 Å². The first-order chi connectivity index (χ1) is 9.54. The van der Waals surface area contributed by atoms with Crippen LogP contribution >= 0.6 is 11.6 Å². The first kappa shape index (κ1) is 14.0. The molecule has 0 unspecified atom stereocenters. The third-order valence-electron chi connectivity index (χ3n) is 2.33. The van der Waals surface area contributed by atoms with E-state index < -0.39 is 11.8 Å². The molecule has 2 N–H and O–H groups in total. The van der Waals surface area contributed by atoms with Crippen LogP contribution in [0.25, 0.3) is 0 Å². The second kappa shape index (κ2) is 6.12. The summed E-state index contributed by atoms with van der Waals surface area (Å²) in [6.45, 7) is 1.87. The number of carbonyl (C=O) groups excluding carboxylic acids is 2. The summed E-state index contributed by atoms with van der Waals surface area (Å²) < 4.78 is 0. The Balaban J connectivity index is 1.96. The Kier molecular flexibility index (Phi) is 4.27. The molecule has 0 bridgehead atoms. The highest BCUT2D eigenvalue weighted by atomic mass is 35.5. The highest BCUT2D eigenvalue weighted by molar-refractivity contribution is 6.43. The smallest absolute Gasteiger partial charge is 0.302 e. The van der Waals surface area contributed by atoms with Crippen molar-refractivity contribution in [2.75, 3.05) is 10.6 Å². The molecule has 0 spiro atoms. The molecule has 2 heterocycles. The number of aromatic nitrogens is 2. The summed E-state index contributed by atoms with van der Waals surface area (Å²) in [7, 11) is 0. The highest BCUT2D eigenvalue weighted by Gasteiger charge is 2.14. The number of anilines is 2. The first-order valence-corrected chi connectivity index (χ1v) is 6.09. The van der Waals surface area contributed by atoms with Crippen LogP contribution in [-0.2, 0) is 9.59 Å². The lowest BCUT2D eigenvalue weighted by Gasteiger charge is -2.05. The number of nitrogens with one attached hydrogen (secondary N) is 2. The monoisotopic (exact) mass is 290 g/mol. The van der Waals surface area contributed by atoms with E-state index in [1.54, 1.807) is 24.4 Å². The third-order valence-corrected chi connectivity index (χ3v) is 2.55. The number of aryl methyl sites for hydroxylation is 1. The van der Waals surface area contributed by atoms with Crippen molar-refractivity contribution in [1.29, 1.82) is 0 Å². The fourth-order valence-corrected chi connectivity index (χ4v) is 1.45.